The molecule has 0 saturated carbocycles. The fraction of sp³-hybridized carbons (Fsp3) is 0.250. The molecule has 0 fully saturated rings. The van der Waals surface area contributed by atoms with Gasteiger partial charge in [-0.05, 0) is 43.2 Å². The Morgan fingerprint density at radius 3 is 2.59 bits per heavy atom. The van der Waals surface area contributed by atoms with Gasteiger partial charge in [0.05, 0.1) is 12.8 Å². The molecule has 0 spiro atoms. The quantitative estimate of drug-likeness (QED) is 0.722. The van der Waals surface area contributed by atoms with E-state index in [0.29, 0.717) is 24.3 Å². The highest BCUT2D eigenvalue weighted by Crippen LogP contribution is 2.33. The Kier molecular flexibility index (Phi) is 4.97. The molecule has 2 aromatic carbocycles. The van der Waals surface area contributed by atoms with Crippen LogP contribution in [-0.4, -0.2) is 22.3 Å². The lowest BCUT2D eigenvalue weighted by atomic mass is 9.82. The molecule has 3 aromatic rings. The number of hydrogen-bond donors (Lipinski definition) is 1. The van der Waals surface area contributed by atoms with Crippen LogP contribution in [0.3, 0.4) is 0 Å². The molecule has 5 nitrogen and oxygen atoms in total. The second kappa shape index (κ2) is 7.59. The molecule has 2 heterocycles. The first-order chi connectivity index (χ1) is 14.0. The highest BCUT2D eigenvalue weighted by Gasteiger charge is 2.46. The molecule has 148 valence electrons. The number of hydrogen-bond acceptors (Lipinski definition) is 3. The largest absolute Gasteiger partial charge is 0.467 e. The van der Waals surface area contributed by atoms with E-state index in [1.807, 2.05) is 68.4 Å². The number of fused-ring (bicyclic) bond motifs is 1. The molecule has 0 aliphatic carbocycles. The number of nitrogens with one attached hydrogen (secondary N) is 1. The molecule has 1 aliphatic rings. The topological polar surface area (TPSA) is 62.6 Å². The van der Waals surface area contributed by atoms with E-state index in [2.05, 4.69) is 5.32 Å². The van der Waals surface area contributed by atoms with Gasteiger partial charge in [0.25, 0.3) is 5.91 Å². The highest BCUT2D eigenvalue weighted by molar-refractivity contribution is 6.02. The average Bonchev–Trinajstić information content (AvgIpc) is 3.24. The summed E-state index contributed by atoms with van der Waals surface area (Å²) in [6.07, 6.45) is 2.03. The van der Waals surface area contributed by atoms with Crippen molar-refractivity contribution in [2.24, 2.45) is 0 Å². The van der Waals surface area contributed by atoms with Crippen molar-refractivity contribution in [3.8, 4) is 0 Å². The molecule has 0 bridgehead atoms. The van der Waals surface area contributed by atoms with E-state index in [-0.39, 0.29) is 18.4 Å². The van der Waals surface area contributed by atoms with Gasteiger partial charge < -0.3 is 14.6 Å². The molecule has 5 heteroatoms. The van der Waals surface area contributed by atoms with Crippen LogP contribution in [0.2, 0.25) is 0 Å². The summed E-state index contributed by atoms with van der Waals surface area (Å²) >= 11 is 0. The van der Waals surface area contributed by atoms with Gasteiger partial charge in [-0.2, -0.15) is 0 Å². The van der Waals surface area contributed by atoms with Crippen LogP contribution in [-0.2, 0) is 24.3 Å². The van der Waals surface area contributed by atoms with Crippen molar-refractivity contribution in [2.75, 3.05) is 0 Å². The summed E-state index contributed by atoms with van der Waals surface area (Å²) < 4.78 is 5.46. The summed E-state index contributed by atoms with van der Waals surface area (Å²) in [6, 6.07) is 19.1. The minimum Gasteiger partial charge on any atom is -0.467 e. The Balaban J connectivity index is 1.62. The lowest BCUT2D eigenvalue weighted by molar-refractivity contribution is -0.132. The number of aryl methyl sites for hydroxylation is 1. The van der Waals surface area contributed by atoms with Crippen molar-refractivity contribution in [3.05, 3.63) is 94.9 Å². The fourth-order valence-electron chi connectivity index (χ4n) is 3.81. The van der Waals surface area contributed by atoms with E-state index < -0.39 is 5.54 Å². The van der Waals surface area contributed by atoms with Crippen LogP contribution in [0.5, 0.6) is 0 Å². The van der Waals surface area contributed by atoms with Crippen molar-refractivity contribution in [1.82, 2.24) is 10.2 Å². The van der Waals surface area contributed by atoms with Gasteiger partial charge in [0, 0.05) is 18.5 Å². The molecule has 1 aliphatic heterocycles. The summed E-state index contributed by atoms with van der Waals surface area (Å²) in [5.74, 6) is 0.319. The molecule has 1 N–H and O–H groups in total. The number of carbonyl (C=O) groups is 2. The highest BCUT2D eigenvalue weighted by atomic mass is 16.3. The molecule has 1 unspecified atom stereocenters. The van der Waals surface area contributed by atoms with E-state index in [1.165, 1.54) is 5.56 Å². The van der Waals surface area contributed by atoms with Crippen LogP contribution in [0.25, 0.3) is 0 Å². The van der Waals surface area contributed by atoms with Gasteiger partial charge in [-0.1, -0.05) is 48.0 Å². The summed E-state index contributed by atoms with van der Waals surface area (Å²) in [7, 11) is 0. The van der Waals surface area contributed by atoms with Crippen molar-refractivity contribution < 1.29 is 14.0 Å². The monoisotopic (exact) mass is 388 g/mol. The Labute approximate surface area is 170 Å². The summed E-state index contributed by atoms with van der Waals surface area (Å²) in [5, 5.41) is 3.03. The fourth-order valence-corrected chi connectivity index (χ4v) is 3.81. The van der Waals surface area contributed by atoms with Gasteiger partial charge in [0.15, 0.2) is 0 Å². The van der Waals surface area contributed by atoms with E-state index in [4.69, 9.17) is 4.42 Å². The molecule has 4 rings (SSSR count). The Hall–Kier alpha value is -3.34. The minimum atomic E-state index is -1.01. The first-order valence-corrected chi connectivity index (χ1v) is 9.73. The Morgan fingerprint density at radius 1 is 1.10 bits per heavy atom. The van der Waals surface area contributed by atoms with Crippen molar-refractivity contribution >= 4 is 11.8 Å². The first-order valence-electron chi connectivity index (χ1n) is 9.73. The van der Waals surface area contributed by atoms with Gasteiger partial charge in [-0.25, -0.2) is 0 Å². The van der Waals surface area contributed by atoms with E-state index in [9.17, 15) is 9.59 Å². The Morgan fingerprint density at radius 2 is 1.86 bits per heavy atom. The van der Waals surface area contributed by atoms with Gasteiger partial charge in [-0.3, -0.25) is 9.59 Å². The number of furan rings is 1. The van der Waals surface area contributed by atoms with E-state index >= 15 is 0 Å². The molecular weight excluding hydrogens is 364 g/mol. The molecule has 0 radical (unpaired) electrons. The third kappa shape index (κ3) is 3.68. The second-order valence-electron chi connectivity index (χ2n) is 7.75. The first kappa shape index (κ1) is 19.0. The van der Waals surface area contributed by atoms with Gasteiger partial charge >= 0.3 is 0 Å². The minimum absolute atomic E-state index is 0.156. The van der Waals surface area contributed by atoms with E-state index in [1.54, 1.807) is 17.2 Å². The zero-order valence-electron chi connectivity index (χ0n) is 16.6. The molecule has 1 atom stereocenters. The van der Waals surface area contributed by atoms with E-state index in [0.717, 1.165) is 11.1 Å². The molecule has 29 heavy (non-hydrogen) atoms. The lowest BCUT2D eigenvalue weighted by Gasteiger charge is -2.43. The third-order valence-corrected chi connectivity index (χ3v) is 5.58. The van der Waals surface area contributed by atoms with Crippen LogP contribution in [0.1, 0.15) is 39.7 Å². The van der Waals surface area contributed by atoms with Crippen LogP contribution in [0.4, 0.5) is 0 Å². The average molecular weight is 388 g/mol. The number of rotatable bonds is 5. The third-order valence-electron chi connectivity index (χ3n) is 5.58. The zero-order valence-corrected chi connectivity index (χ0v) is 16.6. The predicted molar refractivity (Wildman–Crippen MR) is 110 cm³/mol. The maximum atomic E-state index is 13.3. The predicted octanol–water partition coefficient (Wildman–Crippen LogP) is 3.86. The molecule has 2 amide bonds. The normalized spacial score (nSPS) is 18.4. The van der Waals surface area contributed by atoms with Gasteiger partial charge in [-0.15, -0.1) is 0 Å². The Bertz CT molecular complexity index is 1020. The van der Waals surface area contributed by atoms with Crippen molar-refractivity contribution in [1.29, 1.82) is 0 Å². The summed E-state index contributed by atoms with van der Waals surface area (Å²) in [5.41, 5.74) is 2.71. The molecule has 0 saturated heterocycles. The lowest BCUT2D eigenvalue weighted by Crippen LogP contribution is -2.62. The number of carbonyl (C=O) groups excluding carboxylic acids is 2. The maximum absolute atomic E-state index is 13.3. The standard InChI is InChI=1S/C24H24N2O3/c1-17-9-11-18(12-10-17)15-25-23(28)24(2)14-19-6-3-4-8-21(19)22(27)26(24)16-20-7-5-13-29-20/h3-13H,14-16H2,1-2H3,(H,25,28). The second-order valence-corrected chi connectivity index (χ2v) is 7.75. The zero-order chi connectivity index (χ0) is 20.4. The SMILES string of the molecule is Cc1ccc(CNC(=O)C2(C)Cc3ccccc3C(=O)N2Cc2ccco2)cc1. The van der Waals surface area contributed by atoms with Crippen LogP contribution in [0.15, 0.2) is 71.3 Å². The number of amides is 2. The van der Waals surface area contributed by atoms with Crippen LogP contribution < -0.4 is 5.32 Å². The maximum Gasteiger partial charge on any atom is 0.255 e. The van der Waals surface area contributed by atoms with Crippen molar-refractivity contribution in [3.63, 3.8) is 0 Å². The molecule has 1 aromatic heterocycles. The van der Waals surface area contributed by atoms with Crippen molar-refractivity contribution in [2.45, 2.75) is 38.9 Å². The van der Waals surface area contributed by atoms with Gasteiger partial charge in [0.1, 0.15) is 11.3 Å². The summed E-state index contributed by atoms with van der Waals surface area (Å²) in [4.78, 5) is 28.2. The number of nitrogens with zero attached hydrogens (tertiary/aromatic N) is 1. The smallest absolute Gasteiger partial charge is 0.255 e. The van der Waals surface area contributed by atoms with Crippen LogP contribution >= 0.6 is 0 Å². The molecular formula is C24H24N2O3. The van der Waals surface area contributed by atoms with Crippen LogP contribution in [0, 0.1) is 6.92 Å². The summed E-state index contributed by atoms with van der Waals surface area (Å²) in [6.45, 7) is 4.52. The van der Waals surface area contributed by atoms with Gasteiger partial charge in [0.2, 0.25) is 5.91 Å². The number of benzene rings is 2.